The third-order valence-electron chi connectivity index (χ3n) is 4.55. The highest BCUT2D eigenvalue weighted by atomic mass is 16.5. The molecule has 3 fully saturated rings. The van der Waals surface area contributed by atoms with Gasteiger partial charge < -0.3 is 9.84 Å². The largest absolute Gasteiger partial charge is 0.334 e. The fraction of sp³-hybridized carbons (Fsp3) is 0.818. The van der Waals surface area contributed by atoms with E-state index in [2.05, 4.69) is 15.5 Å². The van der Waals surface area contributed by atoms with Gasteiger partial charge in [-0.05, 0) is 49.9 Å². The van der Waals surface area contributed by atoms with Crippen LogP contribution >= 0.6 is 0 Å². The van der Waals surface area contributed by atoms with Crippen LogP contribution < -0.4 is 5.32 Å². The Hall–Kier alpha value is -1.06. The number of hydrogen-bond acceptors (Lipinski definition) is 4. The molecule has 0 aromatic carbocycles. The van der Waals surface area contributed by atoms with Crippen molar-refractivity contribution in [1.29, 1.82) is 0 Å². The number of hydrogen-bond donors (Lipinski definition) is 1. The Morgan fingerprint density at radius 3 is 2.60 bits per heavy atom. The summed E-state index contributed by atoms with van der Waals surface area (Å²) in [6.07, 6.45) is 4.39. The molecule has 1 aromatic rings. The van der Waals surface area contributed by atoms with Crippen molar-refractivity contribution in [1.82, 2.24) is 10.1 Å². The summed E-state index contributed by atoms with van der Waals surface area (Å²) in [4.78, 5) is 4.20. The Labute approximate surface area is 88.4 Å². The van der Waals surface area contributed by atoms with Crippen molar-refractivity contribution in [3.63, 3.8) is 0 Å². The zero-order valence-corrected chi connectivity index (χ0v) is 8.81. The van der Waals surface area contributed by atoms with Crippen LogP contribution in [0.5, 0.6) is 0 Å². The van der Waals surface area contributed by atoms with Crippen molar-refractivity contribution in [2.45, 2.75) is 32.2 Å². The molecule has 0 aliphatic heterocycles. The van der Waals surface area contributed by atoms with E-state index < -0.39 is 0 Å². The van der Waals surface area contributed by atoms with E-state index in [9.17, 15) is 0 Å². The van der Waals surface area contributed by atoms with Gasteiger partial charge in [-0.15, -0.1) is 0 Å². The number of anilines is 1. The second-order valence-electron chi connectivity index (χ2n) is 5.30. The lowest BCUT2D eigenvalue weighted by Crippen LogP contribution is -2.12. The molecule has 15 heavy (non-hydrogen) atoms. The maximum Gasteiger partial charge on any atom is 0.321 e. The van der Waals surface area contributed by atoms with Crippen LogP contribution in [-0.2, 0) is 0 Å². The summed E-state index contributed by atoms with van der Waals surface area (Å²) in [5, 5.41) is 7.20. The number of aromatic nitrogens is 2. The Morgan fingerprint density at radius 1 is 1.27 bits per heavy atom. The second-order valence-corrected chi connectivity index (χ2v) is 5.30. The lowest BCUT2D eigenvalue weighted by molar-refractivity contribution is 0.420. The highest BCUT2D eigenvalue weighted by molar-refractivity contribution is 5.31. The first-order valence-electron chi connectivity index (χ1n) is 5.90. The minimum Gasteiger partial charge on any atom is -0.334 e. The summed E-state index contributed by atoms with van der Waals surface area (Å²) in [5.74, 6) is 4.52. The fourth-order valence-electron chi connectivity index (χ4n) is 4.02. The smallest absolute Gasteiger partial charge is 0.321 e. The molecule has 3 saturated carbocycles. The zero-order chi connectivity index (χ0) is 9.99. The monoisotopic (exact) mass is 205 g/mol. The quantitative estimate of drug-likeness (QED) is 0.800. The van der Waals surface area contributed by atoms with Gasteiger partial charge in [0.1, 0.15) is 0 Å². The van der Waals surface area contributed by atoms with Crippen LogP contribution in [0.3, 0.4) is 0 Å². The van der Waals surface area contributed by atoms with E-state index in [1.165, 1.54) is 19.3 Å². The molecule has 1 heterocycles. The van der Waals surface area contributed by atoms with Crippen molar-refractivity contribution >= 4 is 6.01 Å². The summed E-state index contributed by atoms with van der Waals surface area (Å²) in [6.45, 7) is 1.85. The van der Waals surface area contributed by atoms with Gasteiger partial charge in [0, 0.05) is 6.04 Å². The van der Waals surface area contributed by atoms with Crippen LogP contribution in [0.2, 0.25) is 0 Å². The Kier molecular flexibility index (Phi) is 1.38. The fourth-order valence-corrected chi connectivity index (χ4v) is 4.02. The highest BCUT2D eigenvalue weighted by Crippen LogP contribution is 2.66. The molecule has 4 heteroatoms. The SMILES string of the molecule is Cc1noc(NC2C3C4CCC(C4)C23)n1. The normalized spacial score (nSPS) is 45.5. The van der Waals surface area contributed by atoms with E-state index in [0.717, 1.165) is 23.7 Å². The van der Waals surface area contributed by atoms with E-state index in [0.29, 0.717) is 17.9 Å². The first kappa shape index (κ1) is 8.13. The van der Waals surface area contributed by atoms with E-state index in [4.69, 9.17) is 4.52 Å². The van der Waals surface area contributed by atoms with Crippen LogP contribution in [0.4, 0.5) is 6.01 Å². The van der Waals surface area contributed by atoms with Crippen LogP contribution in [0.15, 0.2) is 4.52 Å². The van der Waals surface area contributed by atoms with Gasteiger partial charge in [0.2, 0.25) is 0 Å². The molecule has 80 valence electrons. The molecule has 0 saturated heterocycles. The van der Waals surface area contributed by atoms with Crippen LogP contribution in [-0.4, -0.2) is 16.2 Å². The second kappa shape index (κ2) is 2.54. The van der Waals surface area contributed by atoms with Crippen LogP contribution in [0, 0.1) is 30.6 Å². The first-order valence-corrected chi connectivity index (χ1v) is 5.90. The summed E-state index contributed by atoms with van der Waals surface area (Å²) in [7, 11) is 0. The van der Waals surface area contributed by atoms with Gasteiger partial charge in [-0.2, -0.15) is 4.98 Å². The molecule has 4 unspecified atom stereocenters. The molecule has 3 aliphatic rings. The summed E-state index contributed by atoms with van der Waals surface area (Å²) < 4.78 is 5.10. The van der Waals surface area contributed by atoms with Gasteiger partial charge in [0.15, 0.2) is 5.82 Å². The molecule has 0 amide bonds. The van der Waals surface area contributed by atoms with E-state index in [-0.39, 0.29) is 0 Å². The first-order chi connectivity index (χ1) is 7.33. The van der Waals surface area contributed by atoms with Gasteiger partial charge >= 0.3 is 6.01 Å². The summed E-state index contributed by atoms with van der Waals surface area (Å²) in [6, 6.07) is 1.25. The number of aryl methyl sites for hydroxylation is 1. The molecule has 1 aromatic heterocycles. The van der Waals surface area contributed by atoms with Gasteiger partial charge in [0.25, 0.3) is 0 Å². The van der Waals surface area contributed by atoms with Crippen molar-refractivity contribution in [2.24, 2.45) is 23.7 Å². The third-order valence-corrected chi connectivity index (χ3v) is 4.55. The van der Waals surface area contributed by atoms with E-state index in [1.807, 2.05) is 6.92 Å². The standard InChI is InChI=1S/C11H15N3O/c1-5-12-11(15-14-5)13-10-8-6-2-3-7(4-6)9(8)10/h6-10H,2-4H2,1H3,(H,12,13,14). The molecular formula is C11H15N3O. The Balaban J connectivity index is 1.50. The van der Waals surface area contributed by atoms with Gasteiger partial charge in [-0.1, -0.05) is 5.16 Å². The molecule has 3 aliphatic carbocycles. The molecule has 2 bridgehead atoms. The third kappa shape index (κ3) is 1.02. The zero-order valence-electron chi connectivity index (χ0n) is 8.81. The molecular weight excluding hydrogens is 190 g/mol. The minimum absolute atomic E-state index is 0.617. The molecule has 0 spiro atoms. The van der Waals surface area contributed by atoms with E-state index >= 15 is 0 Å². The van der Waals surface area contributed by atoms with Crippen molar-refractivity contribution in [3.05, 3.63) is 5.82 Å². The molecule has 0 radical (unpaired) electrons. The Morgan fingerprint density at radius 2 is 2.00 bits per heavy atom. The molecule has 4 nitrogen and oxygen atoms in total. The predicted molar refractivity (Wildman–Crippen MR) is 54.3 cm³/mol. The van der Waals surface area contributed by atoms with Crippen molar-refractivity contribution in [3.8, 4) is 0 Å². The van der Waals surface area contributed by atoms with Crippen molar-refractivity contribution in [2.75, 3.05) is 5.32 Å². The molecule has 4 atom stereocenters. The molecule has 1 N–H and O–H groups in total. The summed E-state index contributed by atoms with van der Waals surface area (Å²) >= 11 is 0. The number of rotatable bonds is 2. The molecule has 4 rings (SSSR count). The number of nitrogens with one attached hydrogen (secondary N) is 1. The predicted octanol–water partition coefficient (Wildman–Crippen LogP) is 1.83. The van der Waals surface area contributed by atoms with E-state index in [1.54, 1.807) is 0 Å². The highest BCUT2D eigenvalue weighted by Gasteiger charge is 2.65. The summed E-state index contributed by atoms with van der Waals surface area (Å²) in [5.41, 5.74) is 0. The van der Waals surface area contributed by atoms with Gasteiger partial charge in [-0.3, -0.25) is 0 Å². The average molecular weight is 205 g/mol. The van der Waals surface area contributed by atoms with Crippen molar-refractivity contribution < 1.29 is 4.52 Å². The lowest BCUT2D eigenvalue weighted by atomic mass is 10.0. The maximum absolute atomic E-state index is 5.10. The number of fused-ring (bicyclic) bond motifs is 5. The Bertz CT molecular complexity index is 386. The van der Waals surface area contributed by atoms with Gasteiger partial charge in [-0.25, -0.2) is 0 Å². The van der Waals surface area contributed by atoms with Crippen LogP contribution in [0.25, 0.3) is 0 Å². The lowest BCUT2D eigenvalue weighted by Gasteiger charge is -2.07. The topological polar surface area (TPSA) is 51.0 Å². The average Bonchev–Trinajstić information content (AvgIpc) is 2.62. The minimum atomic E-state index is 0.617. The van der Waals surface area contributed by atoms with Gasteiger partial charge in [0.05, 0.1) is 0 Å². The number of nitrogens with zero attached hydrogens (tertiary/aromatic N) is 2. The van der Waals surface area contributed by atoms with Crippen LogP contribution in [0.1, 0.15) is 25.1 Å². The maximum atomic E-state index is 5.10.